The number of rotatable bonds is 3. The highest BCUT2D eigenvalue weighted by molar-refractivity contribution is 5.71. The molecule has 3 rings (SSSR count). The molecule has 5 nitrogen and oxygen atoms in total. The number of aromatic nitrogens is 3. The second-order valence-electron chi connectivity index (χ2n) is 4.56. The highest BCUT2D eigenvalue weighted by atomic mass is 19.1. The molecular weight excluding hydrogens is 290 g/mol. The number of hydrogen-bond donors (Lipinski definition) is 1. The molecule has 22 heavy (non-hydrogen) atoms. The maximum atomic E-state index is 13.8. The van der Waals surface area contributed by atoms with Crippen LogP contribution in [-0.4, -0.2) is 22.1 Å². The molecule has 0 saturated heterocycles. The Bertz CT molecular complexity index is 815. The fraction of sp³-hybridized carbons (Fsp3) is 0.0667. The molecule has 112 valence electrons. The molecule has 1 aromatic heterocycles. The molecule has 0 spiro atoms. The van der Waals surface area contributed by atoms with Crippen LogP contribution >= 0.6 is 0 Å². The summed E-state index contributed by atoms with van der Waals surface area (Å²) in [5, 5.41) is 7.81. The molecule has 0 radical (unpaired) electrons. The summed E-state index contributed by atoms with van der Waals surface area (Å²) in [6.07, 6.45) is 0. The quantitative estimate of drug-likeness (QED) is 0.808. The fourth-order valence-corrected chi connectivity index (χ4v) is 2.08. The first kappa shape index (κ1) is 14.0. The number of anilines is 1. The van der Waals surface area contributed by atoms with Gasteiger partial charge in [-0.3, -0.25) is 0 Å². The molecule has 0 amide bonds. The number of hydrogen-bond acceptors (Lipinski definition) is 4. The molecule has 0 bridgehead atoms. The van der Waals surface area contributed by atoms with Crippen molar-refractivity contribution in [1.82, 2.24) is 15.0 Å². The van der Waals surface area contributed by atoms with E-state index in [0.717, 1.165) is 12.1 Å². The highest BCUT2D eigenvalue weighted by Gasteiger charge is 2.16. The van der Waals surface area contributed by atoms with Gasteiger partial charge in [-0.05, 0) is 36.4 Å². The molecule has 0 saturated carbocycles. The molecule has 3 aromatic rings. The first-order chi connectivity index (χ1) is 10.6. The van der Waals surface area contributed by atoms with E-state index in [-0.39, 0.29) is 17.1 Å². The summed E-state index contributed by atoms with van der Waals surface area (Å²) in [7, 11) is 1.56. The Balaban J connectivity index is 2.04. The average molecular weight is 302 g/mol. The van der Waals surface area contributed by atoms with Gasteiger partial charge in [0.25, 0.3) is 0 Å². The lowest BCUT2D eigenvalue weighted by molar-refractivity contribution is 0.414. The first-order valence-corrected chi connectivity index (χ1v) is 6.41. The monoisotopic (exact) mass is 302 g/mol. The second-order valence-corrected chi connectivity index (χ2v) is 4.56. The lowest BCUT2D eigenvalue weighted by Gasteiger charge is -2.05. The van der Waals surface area contributed by atoms with Crippen LogP contribution in [0.5, 0.6) is 5.75 Å². The van der Waals surface area contributed by atoms with Gasteiger partial charge in [-0.25, -0.2) is 8.78 Å². The molecule has 0 aliphatic carbocycles. The minimum Gasteiger partial charge on any atom is -0.497 e. The number of methoxy groups -OCH3 is 1. The number of nitrogens with two attached hydrogens (primary N) is 1. The highest BCUT2D eigenvalue weighted by Crippen LogP contribution is 2.28. The van der Waals surface area contributed by atoms with Crippen molar-refractivity contribution in [3.05, 3.63) is 54.1 Å². The predicted octanol–water partition coefficient (Wildman–Crippen LogP) is 2.80. The van der Waals surface area contributed by atoms with Crippen molar-refractivity contribution in [1.29, 1.82) is 0 Å². The number of nitrogen functional groups attached to an aromatic ring is 1. The van der Waals surface area contributed by atoms with Crippen molar-refractivity contribution in [2.24, 2.45) is 0 Å². The van der Waals surface area contributed by atoms with Crippen LogP contribution in [-0.2, 0) is 0 Å². The normalized spacial score (nSPS) is 10.7. The van der Waals surface area contributed by atoms with E-state index in [9.17, 15) is 8.78 Å². The Morgan fingerprint density at radius 2 is 1.82 bits per heavy atom. The summed E-state index contributed by atoms with van der Waals surface area (Å²) < 4.78 is 33.3. The zero-order chi connectivity index (χ0) is 15.7. The van der Waals surface area contributed by atoms with E-state index in [2.05, 4.69) is 10.3 Å². The maximum Gasteiger partial charge on any atom is 0.156 e. The molecule has 0 atom stereocenters. The van der Waals surface area contributed by atoms with Crippen LogP contribution in [0.15, 0.2) is 42.5 Å². The summed E-state index contributed by atoms with van der Waals surface area (Å²) >= 11 is 0. The summed E-state index contributed by atoms with van der Waals surface area (Å²) in [5.41, 5.74) is 6.90. The van der Waals surface area contributed by atoms with Gasteiger partial charge in [0.15, 0.2) is 5.82 Å². The van der Waals surface area contributed by atoms with Crippen molar-refractivity contribution in [2.45, 2.75) is 0 Å². The van der Waals surface area contributed by atoms with Crippen molar-refractivity contribution in [2.75, 3.05) is 12.8 Å². The molecule has 0 unspecified atom stereocenters. The summed E-state index contributed by atoms with van der Waals surface area (Å²) in [6, 6.07) is 10.2. The van der Waals surface area contributed by atoms with Crippen molar-refractivity contribution < 1.29 is 13.5 Å². The smallest absolute Gasteiger partial charge is 0.156 e. The zero-order valence-electron chi connectivity index (χ0n) is 11.6. The van der Waals surface area contributed by atoms with Crippen LogP contribution in [0.4, 0.5) is 14.6 Å². The molecule has 2 aromatic carbocycles. The average Bonchev–Trinajstić information content (AvgIpc) is 2.89. The second kappa shape index (κ2) is 5.44. The SMILES string of the molecule is COc1ccc(-n2nnc(-c3ccc(F)cc3F)c2N)cc1. The maximum absolute atomic E-state index is 13.8. The fourth-order valence-electron chi connectivity index (χ4n) is 2.08. The Hall–Kier alpha value is -2.96. The standard InChI is InChI=1S/C15H12F2N4O/c1-22-11-5-3-10(4-6-11)21-15(18)14(19-20-21)12-7-2-9(16)8-13(12)17/h2-8H,18H2,1H3. The molecule has 0 fully saturated rings. The van der Waals surface area contributed by atoms with E-state index in [1.807, 2.05) is 0 Å². The number of ether oxygens (including phenoxy) is 1. The zero-order valence-corrected chi connectivity index (χ0v) is 11.6. The Labute approximate surface area is 124 Å². The Morgan fingerprint density at radius 1 is 1.09 bits per heavy atom. The van der Waals surface area contributed by atoms with Crippen LogP contribution < -0.4 is 10.5 Å². The molecule has 1 heterocycles. The van der Waals surface area contributed by atoms with Crippen LogP contribution in [0.1, 0.15) is 0 Å². The van der Waals surface area contributed by atoms with E-state index in [4.69, 9.17) is 10.5 Å². The van der Waals surface area contributed by atoms with E-state index in [1.165, 1.54) is 10.7 Å². The van der Waals surface area contributed by atoms with E-state index in [0.29, 0.717) is 11.4 Å². The largest absolute Gasteiger partial charge is 0.497 e. The topological polar surface area (TPSA) is 66.0 Å². The molecule has 0 aliphatic heterocycles. The van der Waals surface area contributed by atoms with Gasteiger partial charge in [0, 0.05) is 11.6 Å². The van der Waals surface area contributed by atoms with Gasteiger partial charge in [0.05, 0.1) is 12.8 Å². The number of benzene rings is 2. The lowest BCUT2D eigenvalue weighted by Crippen LogP contribution is -2.02. The molecule has 7 heteroatoms. The third kappa shape index (κ3) is 2.37. The van der Waals surface area contributed by atoms with Gasteiger partial charge in [-0.2, -0.15) is 4.68 Å². The van der Waals surface area contributed by atoms with Gasteiger partial charge in [0.2, 0.25) is 0 Å². The van der Waals surface area contributed by atoms with Gasteiger partial charge >= 0.3 is 0 Å². The number of nitrogens with zero attached hydrogens (tertiary/aromatic N) is 3. The van der Waals surface area contributed by atoms with Crippen molar-refractivity contribution in [3.63, 3.8) is 0 Å². The van der Waals surface area contributed by atoms with Gasteiger partial charge in [-0.1, -0.05) is 5.21 Å². The van der Waals surface area contributed by atoms with E-state index >= 15 is 0 Å². The third-order valence-corrected chi connectivity index (χ3v) is 3.21. The van der Waals surface area contributed by atoms with Crippen molar-refractivity contribution in [3.8, 4) is 22.7 Å². The van der Waals surface area contributed by atoms with Crippen LogP contribution in [0.25, 0.3) is 16.9 Å². The van der Waals surface area contributed by atoms with Crippen molar-refractivity contribution >= 4 is 5.82 Å². The van der Waals surface area contributed by atoms with Gasteiger partial charge < -0.3 is 10.5 Å². The first-order valence-electron chi connectivity index (χ1n) is 6.41. The molecular formula is C15H12F2N4O. The lowest BCUT2D eigenvalue weighted by atomic mass is 10.1. The minimum absolute atomic E-state index is 0.0960. The summed E-state index contributed by atoms with van der Waals surface area (Å²) in [4.78, 5) is 0. The van der Waals surface area contributed by atoms with Gasteiger partial charge in [0.1, 0.15) is 23.1 Å². The van der Waals surface area contributed by atoms with Crippen LogP contribution in [0.2, 0.25) is 0 Å². The molecule has 2 N–H and O–H groups in total. The van der Waals surface area contributed by atoms with Gasteiger partial charge in [-0.15, -0.1) is 5.10 Å². The van der Waals surface area contributed by atoms with Crippen LogP contribution in [0.3, 0.4) is 0 Å². The Morgan fingerprint density at radius 3 is 2.45 bits per heavy atom. The summed E-state index contributed by atoms with van der Waals surface area (Å²) in [6.45, 7) is 0. The number of halogens is 2. The molecule has 0 aliphatic rings. The van der Waals surface area contributed by atoms with E-state index < -0.39 is 11.6 Å². The predicted molar refractivity (Wildman–Crippen MR) is 77.7 cm³/mol. The third-order valence-electron chi connectivity index (χ3n) is 3.21. The minimum atomic E-state index is -0.742. The van der Waals surface area contributed by atoms with E-state index in [1.54, 1.807) is 31.4 Å². The summed E-state index contributed by atoms with van der Waals surface area (Å²) in [5.74, 6) is -0.557. The van der Waals surface area contributed by atoms with Crippen LogP contribution in [0, 0.1) is 11.6 Å². The Kier molecular flexibility index (Phi) is 3.46.